The Morgan fingerprint density at radius 3 is 2.67 bits per heavy atom. The molecule has 0 radical (unpaired) electrons. The van der Waals surface area contributed by atoms with Crippen LogP contribution in [0.2, 0.25) is 0 Å². The summed E-state index contributed by atoms with van der Waals surface area (Å²) >= 11 is 0. The Bertz CT molecular complexity index is 736. The van der Waals surface area contributed by atoms with Crippen molar-refractivity contribution in [2.45, 2.75) is 0 Å². The fraction of sp³-hybridized carbons (Fsp3) is 0. The second-order valence-electron chi connectivity index (χ2n) is 3.75. The van der Waals surface area contributed by atoms with E-state index in [1.807, 2.05) is 0 Å². The Hall–Kier alpha value is -3.10. The number of aromatic nitrogens is 1. The van der Waals surface area contributed by atoms with Gasteiger partial charge in [0.2, 0.25) is 11.7 Å². The second-order valence-corrected chi connectivity index (χ2v) is 3.75. The number of carboxylic acid groups (broad SMARTS) is 1. The number of hydrogen-bond donors (Lipinski definition) is 1. The lowest BCUT2D eigenvalue weighted by Gasteiger charge is -2.08. The molecule has 0 aliphatic heterocycles. The number of nitro groups is 1. The van der Waals surface area contributed by atoms with Crippen molar-refractivity contribution in [1.29, 1.82) is 0 Å². The molecule has 1 aromatic carbocycles. The van der Waals surface area contributed by atoms with E-state index in [0.717, 1.165) is 6.07 Å². The normalized spacial score (nSPS) is 10.2. The van der Waals surface area contributed by atoms with E-state index in [1.54, 1.807) is 0 Å². The van der Waals surface area contributed by atoms with E-state index in [1.165, 1.54) is 12.3 Å². The molecule has 0 spiro atoms. The first-order valence-corrected chi connectivity index (χ1v) is 5.39. The molecule has 0 atom stereocenters. The molecule has 0 unspecified atom stereocenters. The topological polar surface area (TPSA) is 103 Å². The van der Waals surface area contributed by atoms with Crippen LogP contribution in [0.5, 0.6) is 11.6 Å². The zero-order valence-corrected chi connectivity index (χ0v) is 10.1. The molecule has 1 N–H and O–H groups in total. The van der Waals surface area contributed by atoms with E-state index < -0.39 is 39.8 Å². The highest BCUT2D eigenvalue weighted by molar-refractivity contribution is 5.90. The molecule has 108 valence electrons. The summed E-state index contributed by atoms with van der Waals surface area (Å²) in [6.45, 7) is 0. The lowest BCUT2D eigenvalue weighted by molar-refractivity contribution is -0.387. The monoisotopic (exact) mass is 296 g/mol. The molecule has 0 bridgehead atoms. The van der Waals surface area contributed by atoms with Gasteiger partial charge in [-0.15, -0.1) is 0 Å². The van der Waals surface area contributed by atoms with Crippen LogP contribution >= 0.6 is 0 Å². The van der Waals surface area contributed by atoms with Crippen molar-refractivity contribution in [2.75, 3.05) is 0 Å². The van der Waals surface area contributed by atoms with E-state index in [0.29, 0.717) is 12.1 Å². The molecule has 0 aliphatic carbocycles. The van der Waals surface area contributed by atoms with E-state index >= 15 is 0 Å². The van der Waals surface area contributed by atoms with Gasteiger partial charge in [0.1, 0.15) is 5.56 Å². The van der Waals surface area contributed by atoms with Crippen LogP contribution in [0.25, 0.3) is 0 Å². The highest BCUT2D eigenvalue weighted by Crippen LogP contribution is 2.30. The highest BCUT2D eigenvalue weighted by Gasteiger charge is 2.21. The maximum Gasteiger partial charge on any atom is 0.341 e. The Balaban J connectivity index is 2.44. The summed E-state index contributed by atoms with van der Waals surface area (Å²) in [4.78, 5) is 23.9. The second kappa shape index (κ2) is 5.49. The summed E-state index contributed by atoms with van der Waals surface area (Å²) < 4.78 is 31.9. The van der Waals surface area contributed by atoms with Crippen molar-refractivity contribution in [3.63, 3.8) is 0 Å². The van der Waals surface area contributed by atoms with E-state index in [-0.39, 0.29) is 5.56 Å². The Labute approximate surface area is 115 Å². The van der Waals surface area contributed by atoms with Gasteiger partial charge in [0.15, 0.2) is 11.6 Å². The van der Waals surface area contributed by atoms with Gasteiger partial charge in [-0.05, 0) is 12.1 Å². The van der Waals surface area contributed by atoms with Crippen molar-refractivity contribution in [3.05, 3.63) is 57.8 Å². The quantitative estimate of drug-likeness (QED) is 0.687. The molecule has 0 aliphatic rings. The molecule has 7 nitrogen and oxygen atoms in total. The third-order valence-corrected chi connectivity index (χ3v) is 2.41. The van der Waals surface area contributed by atoms with Gasteiger partial charge < -0.3 is 9.84 Å². The average molecular weight is 296 g/mol. The summed E-state index contributed by atoms with van der Waals surface area (Å²) in [5.74, 6) is -5.08. The Morgan fingerprint density at radius 1 is 1.33 bits per heavy atom. The van der Waals surface area contributed by atoms with E-state index in [4.69, 9.17) is 9.84 Å². The zero-order chi connectivity index (χ0) is 15.6. The van der Waals surface area contributed by atoms with Crippen LogP contribution in [0.1, 0.15) is 10.4 Å². The molecular weight excluding hydrogens is 290 g/mol. The third kappa shape index (κ3) is 2.91. The van der Waals surface area contributed by atoms with Crippen LogP contribution in [0, 0.1) is 21.7 Å². The van der Waals surface area contributed by atoms with Crippen molar-refractivity contribution in [3.8, 4) is 11.6 Å². The number of carboxylic acids is 1. The maximum absolute atomic E-state index is 13.6. The summed E-state index contributed by atoms with van der Waals surface area (Å²) in [5.41, 5.74) is -1.42. The van der Waals surface area contributed by atoms with Gasteiger partial charge in [-0.25, -0.2) is 14.2 Å². The maximum atomic E-state index is 13.6. The first-order chi connectivity index (χ1) is 9.90. The van der Waals surface area contributed by atoms with E-state index in [2.05, 4.69) is 4.98 Å². The predicted octanol–water partition coefficient (Wildman–Crippen LogP) is 2.76. The van der Waals surface area contributed by atoms with Gasteiger partial charge in [-0.1, -0.05) is 0 Å². The summed E-state index contributed by atoms with van der Waals surface area (Å²) in [5, 5.41) is 19.4. The number of aromatic carboxylic acids is 1. The Kier molecular flexibility index (Phi) is 3.74. The first-order valence-electron chi connectivity index (χ1n) is 5.39. The number of carbonyl (C=O) groups is 1. The minimum Gasteiger partial charge on any atom is -0.477 e. The molecule has 9 heteroatoms. The first kappa shape index (κ1) is 14.3. The van der Waals surface area contributed by atoms with Crippen LogP contribution < -0.4 is 4.74 Å². The van der Waals surface area contributed by atoms with Gasteiger partial charge in [0.25, 0.3) is 0 Å². The van der Waals surface area contributed by atoms with Gasteiger partial charge in [-0.2, -0.15) is 4.39 Å². The minimum absolute atomic E-state index is 0.341. The molecule has 1 aromatic heterocycles. The van der Waals surface area contributed by atoms with Crippen LogP contribution in [-0.2, 0) is 0 Å². The van der Waals surface area contributed by atoms with Crippen molar-refractivity contribution in [2.24, 2.45) is 0 Å². The van der Waals surface area contributed by atoms with E-state index in [9.17, 15) is 23.7 Å². The standard InChI is InChI=1S/C12H6F2N2O5/c13-7-5-10(8(14)4-9(7)16(19)20)21-11-6(12(17)18)2-1-3-15-11/h1-5H,(H,17,18). The molecule has 21 heavy (non-hydrogen) atoms. The zero-order valence-electron chi connectivity index (χ0n) is 10.1. The number of halogens is 2. The lowest BCUT2D eigenvalue weighted by atomic mass is 10.2. The van der Waals surface area contributed by atoms with Gasteiger partial charge in [-0.3, -0.25) is 10.1 Å². The molecule has 2 rings (SSSR count). The number of rotatable bonds is 4. The molecular formula is C12H6F2N2O5. The number of pyridine rings is 1. The summed E-state index contributed by atoms with van der Waals surface area (Å²) in [6.07, 6.45) is 1.20. The molecule has 2 aromatic rings. The molecule has 0 saturated heterocycles. The average Bonchev–Trinajstić information content (AvgIpc) is 2.42. The number of nitro benzene ring substituents is 1. The predicted molar refractivity (Wildman–Crippen MR) is 64.3 cm³/mol. The third-order valence-electron chi connectivity index (χ3n) is 2.41. The van der Waals surface area contributed by atoms with Crippen LogP contribution in [0.4, 0.5) is 14.5 Å². The number of ether oxygens (including phenoxy) is 1. The number of nitrogens with zero attached hydrogens (tertiary/aromatic N) is 2. The fourth-order valence-electron chi connectivity index (χ4n) is 1.48. The van der Waals surface area contributed by atoms with Crippen molar-refractivity contribution in [1.82, 2.24) is 4.98 Å². The van der Waals surface area contributed by atoms with Crippen LogP contribution in [-0.4, -0.2) is 21.0 Å². The van der Waals surface area contributed by atoms with Crippen LogP contribution in [0.3, 0.4) is 0 Å². The van der Waals surface area contributed by atoms with Crippen molar-refractivity contribution < 1.29 is 28.3 Å². The minimum atomic E-state index is -1.37. The number of benzene rings is 1. The van der Waals surface area contributed by atoms with Gasteiger partial charge >= 0.3 is 11.7 Å². The largest absolute Gasteiger partial charge is 0.477 e. The van der Waals surface area contributed by atoms with Gasteiger partial charge in [0, 0.05) is 12.3 Å². The molecule has 1 heterocycles. The summed E-state index contributed by atoms with van der Waals surface area (Å²) in [7, 11) is 0. The van der Waals surface area contributed by atoms with Gasteiger partial charge in [0.05, 0.1) is 11.0 Å². The number of hydrogen-bond acceptors (Lipinski definition) is 5. The SMILES string of the molecule is O=C(O)c1cccnc1Oc1cc(F)c([N+](=O)[O-])cc1F. The lowest BCUT2D eigenvalue weighted by Crippen LogP contribution is -2.03. The van der Waals surface area contributed by atoms with Crippen LogP contribution in [0.15, 0.2) is 30.5 Å². The molecule has 0 saturated carbocycles. The highest BCUT2D eigenvalue weighted by atomic mass is 19.1. The fourth-order valence-corrected chi connectivity index (χ4v) is 1.48. The smallest absolute Gasteiger partial charge is 0.341 e. The molecule has 0 amide bonds. The van der Waals surface area contributed by atoms with Crippen molar-refractivity contribution >= 4 is 11.7 Å². The Morgan fingerprint density at radius 2 is 2.05 bits per heavy atom. The molecule has 0 fully saturated rings. The summed E-state index contributed by atoms with van der Waals surface area (Å²) in [6, 6.07) is 3.27.